The summed E-state index contributed by atoms with van der Waals surface area (Å²) in [6.45, 7) is 9.09. The summed E-state index contributed by atoms with van der Waals surface area (Å²) < 4.78 is 0. The zero-order valence-electron chi connectivity index (χ0n) is 13.0. The Morgan fingerprint density at radius 3 is 2.05 bits per heavy atom. The lowest BCUT2D eigenvalue weighted by atomic mass is 9.74. The van der Waals surface area contributed by atoms with Crippen LogP contribution < -0.4 is 10.6 Å². The number of nitrogens with one attached hydrogen (secondary N) is 2. The van der Waals surface area contributed by atoms with Crippen molar-refractivity contribution in [3.05, 3.63) is 0 Å². The van der Waals surface area contributed by atoms with E-state index in [1.807, 2.05) is 25.9 Å². The predicted octanol–water partition coefficient (Wildman–Crippen LogP) is 1.13. The fourth-order valence-electron chi connectivity index (χ4n) is 1.17. The van der Waals surface area contributed by atoms with Crippen LogP contribution in [0.1, 0.15) is 34.6 Å². The van der Waals surface area contributed by atoms with Gasteiger partial charge in [-0.15, -0.1) is 0 Å². The van der Waals surface area contributed by atoms with Gasteiger partial charge in [-0.3, -0.25) is 4.79 Å². The van der Waals surface area contributed by atoms with E-state index < -0.39 is 16.9 Å². The zero-order chi connectivity index (χ0) is 15.4. The van der Waals surface area contributed by atoms with E-state index >= 15 is 0 Å². The molecule has 1 unspecified atom stereocenters. The number of aliphatic carboxylic acids is 1. The number of carbonyl (C=O) groups excluding carboxylic acids is 1. The first-order valence-corrected chi connectivity index (χ1v) is 6.37. The van der Waals surface area contributed by atoms with Gasteiger partial charge < -0.3 is 20.6 Å². The summed E-state index contributed by atoms with van der Waals surface area (Å²) >= 11 is 0. The molecule has 0 aliphatic heterocycles. The van der Waals surface area contributed by atoms with Gasteiger partial charge in [0.25, 0.3) is 0 Å². The van der Waals surface area contributed by atoms with Crippen molar-refractivity contribution >= 4 is 12.0 Å². The molecule has 112 valence electrons. The smallest absolute Gasteiger partial charge is 0.315 e. The van der Waals surface area contributed by atoms with Gasteiger partial charge in [0, 0.05) is 12.6 Å². The molecular weight excluding hydrogens is 246 g/mol. The van der Waals surface area contributed by atoms with Crippen LogP contribution in [0, 0.1) is 5.41 Å². The number of amides is 2. The number of rotatable bonds is 6. The average Bonchev–Trinajstić information content (AvgIpc) is 2.24. The Balaban J connectivity index is 4.52. The summed E-state index contributed by atoms with van der Waals surface area (Å²) in [5.74, 6) is -0.945. The Bertz CT molecular complexity index is 338. The molecule has 0 aromatic rings. The Hall–Kier alpha value is -1.30. The lowest BCUT2D eigenvalue weighted by Crippen LogP contribution is -2.59. The fourth-order valence-corrected chi connectivity index (χ4v) is 1.17. The van der Waals surface area contributed by atoms with E-state index in [0.29, 0.717) is 6.54 Å². The number of carboxylic acids is 1. The summed E-state index contributed by atoms with van der Waals surface area (Å²) in [5.41, 5.74) is -1.91. The van der Waals surface area contributed by atoms with Crippen LogP contribution in [-0.2, 0) is 4.79 Å². The molecule has 1 atom stereocenters. The molecule has 2 amide bonds. The number of carboxylic acid groups (broad SMARTS) is 1. The van der Waals surface area contributed by atoms with E-state index in [1.54, 1.807) is 27.7 Å². The van der Waals surface area contributed by atoms with Gasteiger partial charge in [-0.05, 0) is 48.7 Å². The van der Waals surface area contributed by atoms with Gasteiger partial charge in [0.05, 0.1) is 11.0 Å². The fraction of sp³-hybridized carbons (Fsp3) is 0.846. The van der Waals surface area contributed by atoms with Gasteiger partial charge in [-0.1, -0.05) is 0 Å². The molecule has 0 rings (SSSR count). The minimum atomic E-state index is -1.06. The maximum absolute atomic E-state index is 11.8. The molecule has 6 heteroatoms. The van der Waals surface area contributed by atoms with Crippen LogP contribution in [0.2, 0.25) is 0 Å². The molecule has 0 saturated heterocycles. The highest BCUT2D eigenvalue weighted by Gasteiger charge is 2.44. The molecule has 0 bridgehead atoms. The topological polar surface area (TPSA) is 81.7 Å². The molecule has 0 radical (unpaired) electrons. The minimum absolute atomic E-state index is 0.210. The Morgan fingerprint density at radius 2 is 1.68 bits per heavy atom. The van der Waals surface area contributed by atoms with Crippen molar-refractivity contribution in [3.8, 4) is 0 Å². The van der Waals surface area contributed by atoms with Crippen LogP contribution >= 0.6 is 0 Å². The molecule has 0 aromatic heterocycles. The Morgan fingerprint density at radius 1 is 1.21 bits per heavy atom. The van der Waals surface area contributed by atoms with Crippen LogP contribution in [0.3, 0.4) is 0 Å². The maximum atomic E-state index is 11.8. The Labute approximate surface area is 115 Å². The molecule has 19 heavy (non-hydrogen) atoms. The van der Waals surface area contributed by atoms with Crippen molar-refractivity contribution in [1.29, 1.82) is 0 Å². The van der Waals surface area contributed by atoms with Crippen molar-refractivity contribution in [2.75, 3.05) is 20.6 Å². The van der Waals surface area contributed by atoms with Crippen LogP contribution in [0.5, 0.6) is 0 Å². The first-order chi connectivity index (χ1) is 8.41. The van der Waals surface area contributed by atoms with Crippen LogP contribution in [0.4, 0.5) is 4.79 Å². The summed E-state index contributed by atoms with van der Waals surface area (Å²) in [6.07, 6.45) is 0. The summed E-state index contributed by atoms with van der Waals surface area (Å²) in [7, 11) is 3.86. The van der Waals surface area contributed by atoms with Crippen LogP contribution in [-0.4, -0.2) is 54.2 Å². The van der Waals surface area contributed by atoms with E-state index in [-0.39, 0.29) is 12.1 Å². The third-order valence-corrected chi connectivity index (χ3v) is 3.96. The van der Waals surface area contributed by atoms with Crippen molar-refractivity contribution in [2.45, 2.75) is 46.2 Å². The first-order valence-electron chi connectivity index (χ1n) is 6.37. The zero-order valence-corrected chi connectivity index (χ0v) is 13.0. The van der Waals surface area contributed by atoms with Crippen molar-refractivity contribution in [3.63, 3.8) is 0 Å². The van der Waals surface area contributed by atoms with Crippen LogP contribution in [0.15, 0.2) is 0 Å². The average molecular weight is 273 g/mol. The molecule has 0 saturated carbocycles. The summed E-state index contributed by atoms with van der Waals surface area (Å²) in [6, 6.07) is -0.144. The number of carbonyl (C=O) groups is 2. The second-order valence-corrected chi connectivity index (χ2v) is 6.20. The molecule has 0 aliphatic carbocycles. The SMILES string of the molecule is CC(CNC(=O)NC(C)(C)C(C)(C)C(=O)O)N(C)C. The van der Waals surface area contributed by atoms with E-state index in [4.69, 9.17) is 0 Å². The largest absolute Gasteiger partial charge is 0.481 e. The monoisotopic (exact) mass is 273 g/mol. The van der Waals surface area contributed by atoms with Gasteiger partial charge in [0.15, 0.2) is 0 Å². The lowest BCUT2D eigenvalue weighted by molar-refractivity contribution is -0.150. The van der Waals surface area contributed by atoms with E-state index in [1.165, 1.54) is 0 Å². The first kappa shape index (κ1) is 17.7. The van der Waals surface area contributed by atoms with Crippen molar-refractivity contribution < 1.29 is 14.7 Å². The Kier molecular flexibility index (Phi) is 5.81. The lowest BCUT2D eigenvalue weighted by Gasteiger charge is -2.38. The number of hydrogen-bond donors (Lipinski definition) is 3. The second-order valence-electron chi connectivity index (χ2n) is 6.20. The van der Waals surface area contributed by atoms with Gasteiger partial charge in [-0.2, -0.15) is 0 Å². The quantitative estimate of drug-likeness (QED) is 0.677. The molecule has 6 nitrogen and oxygen atoms in total. The third kappa shape index (κ3) is 4.70. The molecule has 0 aliphatic rings. The highest BCUT2D eigenvalue weighted by molar-refractivity contribution is 5.79. The summed E-state index contributed by atoms with van der Waals surface area (Å²) in [5, 5.41) is 14.7. The highest BCUT2D eigenvalue weighted by Crippen LogP contribution is 2.30. The molecule has 0 fully saturated rings. The molecule has 0 aromatic carbocycles. The van der Waals surface area contributed by atoms with E-state index in [2.05, 4.69) is 10.6 Å². The van der Waals surface area contributed by atoms with Gasteiger partial charge in [-0.25, -0.2) is 4.79 Å². The van der Waals surface area contributed by atoms with Crippen molar-refractivity contribution in [2.24, 2.45) is 5.41 Å². The highest BCUT2D eigenvalue weighted by atomic mass is 16.4. The molecule has 0 heterocycles. The molecule has 0 spiro atoms. The number of likely N-dealkylation sites (N-methyl/N-ethyl adjacent to an activating group) is 1. The minimum Gasteiger partial charge on any atom is -0.481 e. The number of nitrogens with zero attached hydrogens (tertiary/aromatic N) is 1. The van der Waals surface area contributed by atoms with E-state index in [9.17, 15) is 14.7 Å². The number of urea groups is 1. The number of hydrogen-bond acceptors (Lipinski definition) is 3. The molecule has 3 N–H and O–H groups in total. The van der Waals surface area contributed by atoms with Crippen LogP contribution in [0.25, 0.3) is 0 Å². The predicted molar refractivity (Wildman–Crippen MR) is 75.2 cm³/mol. The van der Waals surface area contributed by atoms with Gasteiger partial charge in [0.1, 0.15) is 0 Å². The van der Waals surface area contributed by atoms with Gasteiger partial charge >= 0.3 is 12.0 Å². The normalized spacial score (nSPS) is 14.1. The van der Waals surface area contributed by atoms with Crippen molar-refractivity contribution in [1.82, 2.24) is 15.5 Å². The molecular formula is C13H27N3O3. The second kappa shape index (κ2) is 6.23. The van der Waals surface area contributed by atoms with E-state index in [0.717, 1.165) is 0 Å². The van der Waals surface area contributed by atoms with Gasteiger partial charge in [0.2, 0.25) is 0 Å². The third-order valence-electron chi connectivity index (χ3n) is 3.96. The summed E-state index contributed by atoms with van der Waals surface area (Å²) in [4.78, 5) is 25.0. The maximum Gasteiger partial charge on any atom is 0.315 e. The standard InChI is InChI=1S/C13H27N3O3/c1-9(16(6)7)8-14-11(19)15-13(4,5)12(2,3)10(17)18/h9H,8H2,1-7H3,(H,17,18)(H2,14,15,19).